The number of anilines is 1. The maximum atomic E-state index is 12.6. The fraction of sp³-hybridized carbons (Fsp3) is 0.304. The Morgan fingerprint density at radius 2 is 1.90 bits per heavy atom. The lowest BCUT2D eigenvalue weighted by Gasteiger charge is -2.36. The molecule has 1 aromatic heterocycles. The third kappa shape index (κ3) is 4.24. The van der Waals surface area contributed by atoms with Crippen LogP contribution < -0.4 is 15.4 Å². The van der Waals surface area contributed by atoms with Crippen LogP contribution in [0.4, 0.5) is 5.69 Å². The number of nitrogens with one attached hydrogen (secondary N) is 1. The van der Waals surface area contributed by atoms with Gasteiger partial charge in [0.15, 0.2) is 6.61 Å². The van der Waals surface area contributed by atoms with Gasteiger partial charge in [-0.2, -0.15) is 5.26 Å². The second-order valence-corrected chi connectivity index (χ2v) is 7.44. The number of benzene rings is 2. The summed E-state index contributed by atoms with van der Waals surface area (Å²) in [6, 6.07) is 15.6. The van der Waals surface area contributed by atoms with Crippen molar-refractivity contribution in [2.45, 2.75) is 6.42 Å². The molecule has 2 heterocycles. The first-order valence-corrected chi connectivity index (χ1v) is 10.2. The normalized spacial score (nSPS) is 14.0. The van der Waals surface area contributed by atoms with E-state index >= 15 is 0 Å². The van der Waals surface area contributed by atoms with E-state index in [0.717, 1.165) is 42.6 Å². The molecular formula is C23H26N5O2+. The Kier molecular flexibility index (Phi) is 5.87. The van der Waals surface area contributed by atoms with Crippen LogP contribution in [0.15, 0.2) is 48.7 Å². The molecule has 154 valence electrons. The van der Waals surface area contributed by atoms with E-state index in [9.17, 15) is 4.79 Å². The zero-order valence-electron chi connectivity index (χ0n) is 16.9. The average Bonchev–Trinajstić information content (AvgIpc) is 3.20. The minimum atomic E-state index is 0.00151. The molecule has 0 radical (unpaired) electrons. The number of hydrogen-bond acceptors (Lipinski definition) is 4. The highest BCUT2D eigenvalue weighted by Gasteiger charge is 2.21. The lowest BCUT2D eigenvalue weighted by molar-refractivity contribution is -0.366. The Balaban J connectivity index is 1.31. The van der Waals surface area contributed by atoms with E-state index in [1.165, 1.54) is 5.56 Å². The largest absolute Gasteiger partial charge is 0.484 e. The topological polar surface area (TPSA) is 100 Å². The molecule has 1 fully saturated rings. The van der Waals surface area contributed by atoms with Crippen molar-refractivity contribution in [2.24, 2.45) is 0 Å². The standard InChI is InChI=1S/C23H25N5O2/c24-8-7-18-15-26-22-6-5-20(13-21(18)22)30-16-23(29)28-11-9-27(10-12-28)19-3-1-17(14-25)2-4-19/h1-6,13,15,26H,7-12,16,24H2/p+1. The fourth-order valence-corrected chi connectivity index (χ4v) is 3.84. The average molecular weight is 404 g/mol. The summed E-state index contributed by atoms with van der Waals surface area (Å²) in [7, 11) is 0. The van der Waals surface area contributed by atoms with Gasteiger partial charge >= 0.3 is 0 Å². The van der Waals surface area contributed by atoms with Gasteiger partial charge in [0, 0.05) is 55.4 Å². The highest BCUT2D eigenvalue weighted by molar-refractivity contribution is 5.85. The lowest BCUT2D eigenvalue weighted by Crippen LogP contribution is -2.51. The van der Waals surface area contributed by atoms with E-state index in [4.69, 9.17) is 10.00 Å². The van der Waals surface area contributed by atoms with Gasteiger partial charge in [-0.05, 0) is 48.0 Å². The SMILES string of the molecule is N#Cc1ccc(N2CCN(C(=O)COc3ccc4[nH]cc(CC[NH3+])c4c3)CC2)cc1. The van der Waals surface area contributed by atoms with Crippen molar-refractivity contribution in [2.75, 3.05) is 44.2 Å². The van der Waals surface area contributed by atoms with E-state index in [-0.39, 0.29) is 12.5 Å². The highest BCUT2D eigenvalue weighted by Crippen LogP contribution is 2.24. The second-order valence-electron chi connectivity index (χ2n) is 7.44. The number of hydrogen-bond donors (Lipinski definition) is 2. The number of rotatable bonds is 6. The maximum Gasteiger partial charge on any atom is 0.260 e. The summed E-state index contributed by atoms with van der Waals surface area (Å²) in [5, 5.41) is 10.0. The number of ether oxygens (including phenoxy) is 1. The molecular weight excluding hydrogens is 378 g/mol. The molecule has 3 aromatic rings. The molecule has 7 heteroatoms. The van der Waals surface area contributed by atoms with E-state index in [2.05, 4.69) is 21.7 Å². The number of aromatic amines is 1. The van der Waals surface area contributed by atoms with Crippen molar-refractivity contribution in [1.29, 1.82) is 5.26 Å². The molecule has 4 N–H and O–H groups in total. The molecule has 1 amide bonds. The third-order valence-electron chi connectivity index (χ3n) is 5.54. The molecule has 7 nitrogen and oxygen atoms in total. The van der Waals surface area contributed by atoms with Crippen LogP contribution >= 0.6 is 0 Å². The number of aromatic nitrogens is 1. The van der Waals surface area contributed by atoms with Crippen molar-refractivity contribution < 1.29 is 15.3 Å². The van der Waals surface area contributed by atoms with Gasteiger partial charge in [-0.1, -0.05) is 0 Å². The molecule has 0 aliphatic carbocycles. The van der Waals surface area contributed by atoms with Crippen molar-refractivity contribution in [3.63, 3.8) is 0 Å². The van der Waals surface area contributed by atoms with Crippen molar-refractivity contribution in [1.82, 2.24) is 9.88 Å². The summed E-state index contributed by atoms with van der Waals surface area (Å²) in [6.45, 7) is 3.73. The predicted molar refractivity (Wildman–Crippen MR) is 115 cm³/mol. The molecule has 1 saturated heterocycles. The summed E-state index contributed by atoms with van der Waals surface area (Å²) in [5.41, 5.74) is 7.94. The predicted octanol–water partition coefficient (Wildman–Crippen LogP) is 1.55. The van der Waals surface area contributed by atoms with Gasteiger partial charge in [-0.3, -0.25) is 4.79 Å². The van der Waals surface area contributed by atoms with E-state index in [0.29, 0.717) is 24.4 Å². The number of nitrogens with zero attached hydrogens (tertiary/aromatic N) is 3. The number of nitriles is 1. The first-order chi connectivity index (χ1) is 14.7. The van der Waals surface area contributed by atoms with Gasteiger partial charge in [0.05, 0.1) is 18.2 Å². The minimum Gasteiger partial charge on any atom is -0.484 e. The van der Waals surface area contributed by atoms with Crippen molar-refractivity contribution >= 4 is 22.5 Å². The molecule has 0 unspecified atom stereocenters. The molecule has 4 rings (SSSR count). The second kappa shape index (κ2) is 8.89. The molecule has 1 aliphatic heterocycles. The quantitative estimate of drug-likeness (QED) is 0.651. The summed E-state index contributed by atoms with van der Waals surface area (Å²) in [6.07, 6.45) is 2.92. The van der Waals surface area contributed by atoms with Crippen LogP contribution in [0.5, 0.6) is 5.75 Å². The molecule has 2 aromatic carbocycles. The zero-order chi connectivity index (χ0) is 20.9. The first-order valence-electron chi connectivity index (χ1n) is 10.2. The number of quaternary nitrogens is 1. The molecule has 0 spiro atoms. The third-order valence-corrected chi connectivity index (χ3v) is 5.54. The minimum absolute atomic E-state index is 0.00151. The Labute approximate surface area is 175 Å². The number of amides is 1. The maximum absolute atomic E-state index is 12.6. The number of piperazine rings is 1. The summed E-state index contributed by atoms with van der Waals surface area (Å²) in [4.78, 5) is 20.0. The zero-order valence-corrected chi connectivity index (χ0v) is 16.9. The van der Waals surface area contributed by atoms with Crippen LogP contribution in [0.25, 0.3) is 10.9 Å². The van der Waals surface area contributed by atoms with Gasteiger partial charge in [-0.25, -0.2) is 0 Å². The van der Waals surface area contributed by atoms with Crippen LogP contribution in [0, 0.1) is 11.3 Å². The number of H-pyrrole nitrogens is 1. The van der Waals surface area contributed by atoms with E-state index in [1.54, 1.807) is 0 Å². The van der Waals surface area contributed by atoms with Crippen LogP contribution in [0.3, 0.4) is 0 Å². The van der Waals surface area contributed by atoms with Gasteiger partial charge in [0.1, 0.15) is 5.75 Å². The van der Waals surface area contributed by atoms with Crippen LogP contribution in [0.1, 0.15) is 11.1 Å². The van der Waals surface area contributed by atoms with Gasteiger partial charge in [0.2, 0.25) is 0 Å². The van der Waals surface area contributed by atoms with Gasteiger partial charge in [-0.15, -0.1) is 0 Å². The Morgan fingerprint density at radius 1 is 1.13 bits per heavy atom. The van der Waals surface area contributed by atoms with E-state index in [1.807, 2.05) is 53.6 Å². The van der Waals surface area contributed by atoms with Crippen molar-refractivity contribution in [3.8, 4) is 11.8 Å². The van der Waals surface area contributed by atoms with Crippen molar-refractivity contribution in [3.05, 3.63) is 59.8 Å². The Morgan fingerprint density at radius 3 is 2.60 bits per heavy atom. The summed E-state index contributed by atoms with van der Waals surface area (Å²) in [5.74, 6) is 0.707. The Bertz CT molecular complexity index is 1060. The highest BCUT2D eigenvalue weighted by atomic mass is 16.5. The molecule has 1 aliphatic rings. The Hall–Kier alpha value is -3.50. The number of carbonyl (C=O) groups is 1. The molecule has 30 heavy (non-hydrogen) atoms. The fourth-order valence-electron chi connectivity index (χ4n) is 3.84. The first kappa shape index (κ1) is 19.8. The lowest BCUT2D eigenvalue weighted by atomic mass is 10.1. The van der Waals surface area contributed by atoms with Gasteiger partial charge < -0.3 is 25.3 Å². The van der Waals surface area contributed by atoms with Crippen LogP contribution in [0.2, 0.25) is 0 Å². The smallest absolute Gasteiger partial charge is 0.260 e. The van der Waals surface area contributed by atoms with Gasteiger partial charge in [0.25, 0.3) is 5.91 Å². The summed E-state index contributed by atoms with van der Waals surface area (Å²) < 4.78 is 5.80. The number of carbonyl (C=O) groups excluding carboxylic acids is 1. The van der Waals surface area contributed by atoms with E-state index < -0.39 is 0 Å². The monoisotopic (exact) mass is 404 g/mol. The van der Waals surface area contributed by atoms with Crippen LogP contribution in [-0.2, 0) is 11.2 Å². The molecule has 0 atom stereocenters. The molecule has 0 bridgehead atoms. The van der Waals surface area contributed by atoms with Crippen LogP contribution in [-0.4, -0.2) is 55.1 Å². The number of fused-ring (bicyclic) bond motifs is 1. The summed E-state index contributed by atoms with van der Waals surface area (Å²) >= 11 is 0. The molecule has 0 saturated carbocycles.